The van der Waals surface area contributed by atoms with Gasteiger partial charge in [-0.15, -0.1) is 11.8 Å². The Hall–Kier alpha value is -0.960. The van der Waals surface area contributed by atoms with E-state index in [-0.39, 0.29) is 0 Å². The molecular formula is C16H16ClNS. The number of benzene rings is 2. The minimum absolute atomic E-state index is 0.301. The van der Waals surface area contributed by atoms with Crippen molar-refractivity contribution >= 4 is 23.4 Å². The molecule has 0 radical (unpaired) electrons. The Kier molecular flexibility index (Phi) is 3.83. The monoisotopic (exact) mass is 289 g/mol. The molecule has 0 aliphatic carbocycles. The van der Waals surface area contributed by atoms with Gasteiger partial charge in [0, 0.05) is 27.8 Å². The van der Waals surface area contributed by atoms with Crippen LogP contribution in [-0.4, -0.2) is 5.75 Å². The van der Waals surface area contributed by atoms with Gasteiger partial charge in [0.1, 0.15) is 0 Å². The summed E-state index contributed by atoms with van der Waals surface area (Å²) < 4.78 is 0. The average Bonchev–Trinajstić information content (AvgIpc) is 2.82. The van der Waals surface area contributed by atoms with E-state index in [1.165, 1.54) is 16.0 Å². The normalized spacial score (nSPS) is 19.2. The van der Waals surface area contributed by atoms with Crippen LogP contribution in [0.5, 0.6) is 0 Å². The van der Waals surface area contributed by atoms with Gasteiger partial charge in [0.25, 0.3) is 0 Å². The number of thioether (sulfide) groups is 1. The number of hydrogen-bond donors (Lipinski definition) is 1. The Morgan fingerprint density at radius 2 is 2.05 bits per heavy atom. The van der Waals surface area contributed by atoms with E-state index in [0.29, 0.717) is 12.1 Å². The van der Waals surface area contributed by atoms with Crippen molar-refractivity contribution in [3.05, 3.63) is 64.7 Å². The third kappa shape index (κ3) is 2.81. The highest BCUT2D eigenvalue weighted by Crippen LogP contribution is 2.38. The van der Waals surface area contributed by atoms with Crippen molar-refractivity contribution in [3.63, 3.8) is 0 Å². The lowest BCUT2D eigenvalue weighted by Gasteiger charge is -2.20. The molecule has 0 bridgehead atoms. The lowest BCUT2D eigenvalue weighted by atomic mass is 10.0. The van der Waals surface area contributed by atoms with Gasteiger partial charge in [0.15, 0.2) is 0 Å². The van der Waals surface area contributed by atoms with E-state index >= 15 is 0 Å². The van der Waals surface area contributed by atoms with E-state index < -0.39 is 0 Å². The lowest BCUT2D eigenvalue weighted by Crippen LogP contribution is -2.24. The maximum atomic E-state index is 6.05. The van der Waals surface area contributed by atoms with Crippen LogP contribution in [0.25, 0.3) is 0 Å². The Labute approximate surface area is 123 Å². The summed E-state index contributed by atoms with van der Waals surface area (Å²) in [6, 6.07) is 17.4. The second-order valence-electron chi connectivity index (χ2n) is 4.84. The molecule has 0 saturated carbocycles. The summed E-state index contributed by atoms with van der Waals surface area (Å²) in [6.07, 6.45) is 0. The standard InChI is InChI=1S/C16H16ClNS/c1-11(12-5-4-6-13(17)9-12)18-15-10-19-16-8-3-2-7-14(15)16/h2-9,11,15,18H,10H2,1H3/t11-,15?/m1/s1. The van der Waals surface area contributed by atoms with Crippen molar-refractivity contribution in [3.8, 4) is 0 Å². The summed E-state index contributed by atoms with van der Waals surface area (Å²) in [4.78, 5) is 1.40. The SMILES string of the molecule is C[C@@H](NC1CSc2ccccc21)c1cccc(Cl)c1. The van der Waals surface area contributed by atoms with Crippen molar-refractivity contribution in [1.29, 1.82) is 0 Å². The van der Waals surface area contributed by atoms with Gasteiger partial charge in [0.2, 0.25) is 0 Å². The average molecular weight is 290 g/mol. The molecule has 2 aromatic rings. The summed E-state index contributed by atoms with van der Waals surface area (Å²) in [5.41, 5.74) is 2.66. The molecule has 0 fully saturated rings. The molecule has 98 valence electrons. The highest BCUT2D eigenvalue weighted by Gasteiger charge is 2.24. The molecule has 19 heavy (non-hydrogen) atoms. The van der Waals surface area contributed by atoms with E-state index in [2.05, 4.69) is 42.6 Å². The number of hydrogen-bond acceptors (Lipinski definition) is 2. The van der Waals surface area contributed by atoms with Crippen LogP contribution in [0.2, 0.25) is 5.02 Å². The van der Waals surface area contributed by atoms with E-state index in [4.69, 9.17) is 11.6 Å². The van der Waals surface area contributed by atoms with Crippen molar-refractivity contribution in [1.82, 2.24) is 5.32 Å². The van der Waals surface area contributed by atoms with Crippen molar-refractivity contribution in [2.75, 3.05) is 5.75 Å². The van der Waals surface area contributed by atoms with Crippen molar-refractivity contribution in [2.45, 2.75) is 23.9 Å². The molecule has 2 aromatic carbocycles. The van der Waals surface area contributed by atoms with Gasteiger partial charge in [-0.25, -0.2) is 0 Å². The zero-order valence-corrected chi connectivity index (χ0v) is 12.3. The second-order valence-corrected chi connectivity index (χ2v) is 6.34. The maximum absolute atomic E-state index is 6.05. The van der Waals surface area contributed by atoms with Gasteiger partial charge in [0.05, 0.1) is 0 Å². The quantitative estimate of drug-likeness (QED) is 0.868. The molecule has 1 unspecified atom stereocenters. The Bertz CT molecular complexity index is 584. The number of nitrogens with one attached hydrogen (secondary N) is 1. The Morgan fingerprint density at radius 1 is 1.21 bits per heavy atom. The van der Waals surface area contributed by atoms with Gasteiger partial charge in [-0.05, 0) is 36.2 Å². The molecule has 0 amide bonds. The Morgan fingerprint density at radius 3 is 2.89 bits per heavy atom. The van der Waals surface area contributed by atoms with E-state index in [1.54, 1.807) is 0 Å². The molecule has 2 atom stereocenters. The molecule has 3 rings (SSSR count). The molecule has 1 heterocycles. The number of rotatable bonds is 3. The van der Waals surface area contributed by atoms with Crippen molar-refractivity contribution < 1.29 is 0 Å². The summed E-state index contributed by atoms with van der Waals surface area (Å²) >= 11 is 7.98. The van der Waals surface area contributed by atoms with Crippen LogP contribution in [0.3, 0.4) is 0 Å². The van der Waals surface area contributed by atoms with Crippen LogP contribution in [0.4, 0.5) is 0 Å². The summed E-state index contributed by atoms with van der Waals surface area (Å²) in [5, 5.41) is 4.50. The minimum Gasteiger partial charge on any atom is -0.303 e. The highest BCUT2D eigenvalue weighted by atomic mass is 35.5. The number of halogens is 1. The second kappa shape index (κ2) is 5.58. The van der Waals surface area contributed by atoms with E-state index in [0.717, 1.165) is 10.8 Å². The predicted octanol–water partition coefficient (Wildman–Crippen LogP) is 4.84. The van der Waals surface area contributed by atoms with E-state index in [9.17, 15) is 0 Å². The first kappa shape index (κ1) is 13.0. The lowest BCUT2D eigenvalue weighted by molar-refractivity contribution is 0.501. The third-order valence-corrected chi connectivity index (χ3v) is 4.92. The highest BCUT2D eigenvalue weighted by molar-refractivity contribution is 7.99. The zero-order chi connectivity index (χ0) is 13.2. The largest absolute Gasteiger partial charge is 0.303 e. The first-order valence-electron chi connectivity index (χ1n) is 6.47. The molecule has 3 heteroatoms. The molecule has 0 saturated heterocycles. The molecule has 0 aromatic heterocycles. The molecule has 0 spiro atoms. The summed E-state index contributed by atoms with van der Waals surface area (Å²) in [5.74, 6) is 1.10. The topological polar surface area (TPSA) is 12.0 Å². The maximum Gasteiger partial charge on any atom is 0.0431 e. The molecular weight excluding hydrogens is 274 g/mol. The zero-order valence-electron chi connectivity index (χ0n) is 10.8. The van der Waals surface area contributed by atoms with Crippen LogP contribution < -0.4 is 5.32 Å². The smallest absolute Gasteiger partial charge is 0.0431 e. The minimum atomic E-state index is 0.301. The molecule has 1 aliphatic heterocycles. The van der Waals surface area contributed by atoms with Crippen LogP contribution in [-0.2, 0) is 0 Å². The van der Waals surface area contributed by atoms with Gasteiger partial charge >= 0.3 is 0 Å². The third-order valence-electron chi connectivity index (χ3n) is 3.50. The fourth-order valence-electron chi connectivity index (χ4n) is 2.47. The van der Waals surface area contributed by atoms with E-state index in [1.807, 2.05) is 30.0 Å². The fraction of sp³-hybridized carbons (Fsp3) is 0.250. The van der Waals surface area contributed by atoms with Crippen LogP contribution in [0, 0.1) is 0 Å². The summed E-state index contributed by atoms with van der Waals surface area (Å²) in [7, 11) is 0. The van der Waals surface area contributed by atoms with Gasteiger partial charge in [-0.2, -0.15) is 0 Å². The van der Waals surface area contributed by atoms with Crippen LogP contribution in [0.15, 0.2) is 53.4 Å². The number of fused-ring (bicyclic) bond motifs is 1. The van der Waals surface area contributed by atoms with Crippen molar-refractivity contribution in [2.24, 2.45) is 0 Å². The van der Waals surface area contributed by atoms with Crippen LogP contribution in [0.1, 0.15) is 30.1 Å². The molecule has 1 N–H and O–H groups in total. The molecule has 1 nitrogen and oxygen atoms in total. The van der Waals surface area contributed by atoms with Gasteiger partial charge in [-0.1, -0.05) is 41.9 Å². The predicted molar refractivity (Wildman–Crippen MR) is 82.9 cm³/mol. The van der Waals surface area contributed by atoms with Crippen LogP contribution >= 0.6 is 23.4 Å². The molecule has 1 aliphatic rings. The Balaban J connectivity index is 1.76. The first-order chi connectivity index (χ1) is 9.24. The van der Waals surface area contributed by atoms with Gasteiger partial charge in [-0.3, -0.25) is 0 Å². The van der Waals surface area contributed by atoms with Gasteiger partial charge < -0.3 is 5.32 Å². The fourth-order valence-corrected chi connectivity index (χ4v) is 3.85. The summed E-state index contributed by atoms with van der Waals surface area (Å²) in [6.45, 7) is 2.19. The first-order valence-corrected chi connectivity index (χ1v) is 7.83.